The molecule has 2 N–H and O–H groups in total. The molecule has 0 radical (unpaired) electrons. The SMILES string of the molecule is CCOc1ccc(-c2csc(NC(=O)c3ccccc3NS(=O)(=O)c3ccccc3)n2)cc1. The van der Waals surface area contributed by atoms with E-state index in [-0.39, 0.29) is 16.1 Å². The number of amides is 1. The third kappa shape index (κ3) is 5.39. The van der Waals surface area contributed by atoms with E-state index in [1.807, 2.05) is 36.6 Å². The minimum atomic E-state index is -3.84. The highest BCUT2D eigenvalue weighted by Crippen LogP contribution is 2.28. The van der Waals surface area contributed by atoms with Crippen LogP contribution in [0.4, 0.5) is 10.8 Å². The molecule has 1 amide bonds. The first-order valence-corrected chi connectivity index (χ1v) is 12.5. The zero-order chi connectivity index (χ0) is 23.3. The van der Waals surface area contributed by atoms with Gasteiger partial charge in [-0.15, -0.1) is 11.3 Å². The number of para-hydroxylation sites is 1. The van der Waals surface area contributed by atoms with Crippen LogP contribution in [0.5, 0.6) is 5.75 Å². The van der Waals surface area contributed by atoms with Crippen molar-refractivity contribution in [2.45, 2.75) is 11.8 Å². The van der Waals surface area contributed by atoms with Gasteiger partial charge in [0, 0.05) is 10.9 Å². The number of carbonyl (C=O) groups excluding carboxylic acids is 1. The molecular formula is C24H21N3O4S2. The van der Waals surface area contributed by atoms with Crippen molar-refractivity contribution in [3.63, 3.8) is 0 Å². The van der Waals surface area contributed by atoms with Gasteiger partial charge >= 0.3 is 0 Å². The molecule has 0 saturated heterocycles. The van der Waals surface area contributed by atoms with Crippen molar-refractivity contribution in [1.29, 1.82) is 0 Å². The lowest BCUT2D eigenvalue weighted by molar-refractivity contribution is 0.102. The van der Waals surface area contributed by atoms with Gasteiger partial charge in [-0.3, -0.25) is 14.8 Å². The molecule has 4 aromatic rings. The summed E-state index contributed by atoms with van der Waals surface area (Å²) in [4.78, 5) is 17.5. The van der Waals surface area contributed by atoms with E-state index in [2.05, 4.69) is 15.0 Å². The minimum Gasteiger partial charge on any atom is -0.494 e. The third-order valence-corrected chi connectivity index (χ3v) is 6.79. The average molecular weight is 480 g/mol. The predicted octanol–water partition coefficient (Wildman–Crippen LogP) is 5.26. The predicted molar refractivity (Wildman–Crippen MR) is 130 cm³/mol. The fourth-order valence-corrected chi connectivity index (χ4v) is 4.91. The first-order valence-electron chi connectivity index (χ1n) is 10.1. The maximum Gasteiger partial charge on any atom is 0.261 e. The molecular weight excluding hydrogens is 458 g/mol. The molecule has 0 fully saturated rings. The Kier molecular flexibility index (Phi) is 6.71. The summed E-state index contributed by atoms with van der Waals surface area (Å²) in [5.74, 6) is 0.313. The number of anilines is 2. The number of ether oxygens (including phenoxy) is 1. The lowest BCUT2D eigenvalue weighted by Crippen LogP contribution is -2.18. The van der Waals surface area contributed by atoms with Crippen LogP contribution in [0, 0.1) is 0 Å². The number of hydrogen-bond donors (Lipinski definition) is 2. The summed E-state index contributed by atoms with van der Waals surface area (Å²) >= 11 is 1.28. The van der Waals surface area contributed by atoms with Gasteiger partial charge in [0.05, 0.1) is 28.4 Å². The quantitative estimate of drug-likeness (QED) is 0.359. The van der Waals surface area contributed by atoms with Gasteiger partial charge in [0.2, 0.25) is 0 Å². The van der Waals surface area contributed by atoms with Gasteiger partial charge < -0.3 is 4.74 Å². The fraction of sp³-hybridized carbons (Fsp3) is 0.0833. The molecule has 3 aromatic carbocycles. The number of nitrogens with one attached hydrogen (secondary N) is 2. The van der Waals surface area contributed by atoms with Crippen molar-refractivity contribution in [3.05, 3.63) is 89.8 Å². The number of sulfonamides is 1. The molecule has 1 heterocycles. The van der Waals surface area contributed by atoms with Crippen LogP contribution in [0.3, 0.4) is 0 Å². The second-order valence-corrected chi connectivity index (χ2v) is 9.45. The zero-order valence-corrected chi connectivity index (χ0v) is 19.3. The molecule has 4 rings (SSSR count). The molecule has 0 aliphatic rings. The smallest absolute Gasteiger partial charge is 0.261 e. The lowest BCUT2D eigenvalue weighted by Gasteiger charge is -2.12. The molecule has 0 aliphatic heterocycles. The van der Waals surface area contributed by atoms with Crippen molar-refractivity contribution >= 4 is 38.1 Å². The summed E-state index contributed by atoms with van der Waals surface area (Å²) in [5, 5.41) is 5.00. The summed E-state index contributed by atoms with van der Waals surface area (Å²) in [7, 11) is -3.84. The van der Waals surface area contributed by atoms with E-state index in [0.29, 0.717) is 11.7 Å². The van der Waals surface area contributed by atoms with Crippen LogP contribution in [0.25, 0.3) is 11.3 Å². The first kappa shape index (κ1) is 22.5. The molecule has 0 atom stereocenters. The molecule has 168 valence electrons. The van der Waals surface area contributed by atoms with Gasteiger partial charge in [-0.2, -0.15) is 0 Å². The van der Waals surface area contributed by atoms with Crippen LogP contribution < -0.4 is 14.8 Å². The number of thiazole rings is 1. The molecule has 0 aliphatic carbocycles. The number of hydrogen-bond acceptors (Lipinski definition) is 6. The Hall–Kier alpha value is -3.69. The first-order chi connectivity index (χ1) is 16.0. The van der Waals surface area contributed by atoms with Gasteiger partial charge in [-0.1, -0.05) is 30.3 Å². The van der Waals surface area contributed by atoms with Crippen molar-refractivity contribution in [3.8, 4) is 17.0 Å². The number of nitrogens with zero attached hydrogens (tertiary/aromatic N) is 1. The Morgan fingerprint density at radius 3 is 2.39 bits per heavy atom. The second-order valence-electron chi connectivity index (χ2n) is 6.91. The van der Waals surface area contributed by atoms with Crippen LogP contribution >= 0.6 is 11.3 Å². The molecule has 33 heavy (non-hydrogen) atoms. The topological polar surface area (TPSA) is 97.4 Å². The number of benzene rings is 3. The van der Waals surface area contributed by atoms with Gasteiger partial charge in [0.25, 0.3) is 15.9 Å². The van der Waals surface area contributed by atoms with Gasteiger partial charge in [-0.25, -0.2) is 13.4 Å². The molecule has 0 saturated carbocycles. The van der Waals surface area contributed by atoms with E-state index in [4.69, 9.17) is 4.74 Å². The van der Waals surface area contributed by atoms with Crippen molar-refractivity contribution in [2.75, 3.05) is 16.6 Å². The van der Waals surface area contributed by atoms with E-state index in [1.54, 1.807) is 42.5 Å². The van der Waals surface area contributed by atoms with Crippen molar-refractivity contribution < 1.29 is 17.9 Å². The van der Waals surface area contributed by atoms with E-state index in [1.165, 1.54) is 23.5 Å². The summed E-state index contributed by atoms with van der Waals surface area (Å²) in [6, 6.07) is 21.9. The number of rotatable bonds is 8. The zero-order valence-electron chi connectivity index (χ0n) is 17.7. The molecule has 0 bridgehead atoms. The normalized spacial score (nSPS) is 11.1. The van der Waals surface area contributed by atoms with Crippen LogP contribution in [-0.4, -0.2) is 25.9 Å². The number of aromatic nitrogens is 1. The van der Waals surface area contributed by atoms with Crippen LogP contribution in [0.15, 0.2) is 89.1 Å². The highest BCUT2D eigenvalue weighted by atomic mass is 32.2. The molecule has 9 heteroatoms. The Morgan fingerprint density at radius 2 is 1.67 bits per heavy atom. The van der Waals surface area contributed by atoms with Crippen molar-refractivity contribution in [2.24, 2.45) is 0 Å². The number of carbonyl (C=O) groups is 1. The molecule has 0 unspecified atom stereocenters. The van der Waals surface area contributed by atoms with Gasteiger partial charge in [0.1, 0.15) is 5.75 Å². The summed E-state index contributed by atoms with van der Waals surface area (Å²) in [6.07, 6.45) is 0. The van der Waals surface area contributed by atoms with E-state index in [9.17, 15) is 13.2 Å². The van der Waals surface area contributed by atoms with Gasteiger partial charge in [0.15, 0.2) is 5.13 Å². The summed E-state index contributed by atoms with van der Waals surface area (Å²) < 4.78 is 33.3. The fourth-order valence-electron chi connectivity index (χ4n) is 3.09. The summed E-state index contributed by atoms with van der Waals surface area (Å²) in [6.45, 7) is 2.52. The molecule has 7 nitrogen and oxygen atoms in total. The van der Waals surface area contributed by atoms with Crippen LogP contribution in [0.2, 0.25) is 0 Å². The third-order valence-electron chi connectivity index (χ3n) is 4.66. The maximum atomic E-state index is 12.9. The van der Waals surface area contributed by atoms with E-state index < -0.39 is 15.9 Å². The maximum absolute atomic E-state index is 12.9. The Labute approximate surface area is 196 Å². The monoisotopic (exact) mass is 479 g/mol. The highest BCUT2D eigenvalue weighted by Gasteiger charge is 2.19. The minimum absolute atomic E-state index is 0.111. The Balaban J connectivity index is 1.51. The largest absolute Gasteiger partial charge is 0.494 e. The lowest BCUT2D eigenvalue weighted by atomic mass is 10.1. The van der Waals surface area contributed by atoms with Crippen molar-refractivity contribution in [1.82, 2.24) is 4.98 Å². The summed E-state index contributed by atoms with van der Waals surface area (Å²) in [5.41, 5.74) is 1.99. The second kappa shape index (κ2) is 9.85. The van der Waals surface area contributed by atoms with Gasteiger partial charge in [-0.05, 0) is 55.5 Å². The van der Waals surface area contributed by atoms with Crippen LogP contribution in [0.1, 0.15) is 17.3 Å². The Bertz CT molecular complexity index is 1350. The standard InChI is InChI=1S/C24H21N3O4S2/c1-2-31-18-14-12-17(13-15-18)22-16-32-24(25-22)26-23(28)20-10-6-7-11-21(20)27-33(29,30)19-8-4-3-5-9-19/h3-16,27H,2H2,1H3,(H,25,26,28). The van der Waals surface area contributed by atoms with E-state index >= 15 is 0 Å². The average Bonchev–Trinajstić information content (AvgIpc) is 3.29. The van der Waals surface area contributed by atoms with E-state index in [0.717, 1.165) is 17.0 Å². The van der Waals surface area contributed by atoms with Crippen LogP contribution in [-0.2, 0) is 10.0 Å². The highest BCUT2D eigenvalue weighted by molar-refractivity contribution is 7.92. The Morgan fingerprint density at radius 1 is 0.970 bits per heavy atom. The molecule has 0 spiro atoms. The molecule has 1 aromatic heterocycles.